The molecule has 0 bridgehead atoms. The lowest BCUT2D eigenvalue weighted by Gasteiger charge is -2.15. The molecule has 106 valence electrons. The van der Waals surface area contributed by atoms with Crippen molar-refractivity contribution >= 4 is 5.82 Å². The van der Waals surface area contributed by atoms with E-state index in [1.165, 1.54) is 0 Å². The molecule has 4 nitrogen and oxygen atoms in total. The second kappa shape index (κ2) is 5.49. The number of rotatable bonds is 3. The average Bonchev–Trinajstić information content (AvgIpc) is 2.41. The first kappa shape index (κ1) is 14.3. The van der Waals surface area contributed by atoms with E-state index in [0.717, 1.165) is 34.0 Å². The zero-order valence-corrected chi connectivity index (χ0v) is 12.7. The highest BCUT2D eigenvalue weighted by Crippen LogP contribution is 2.33. The van der Waals surface area contributed by atoms with Crippen molar-refractivity contribution in [1.29, 1.82) is 0 Å². The minimum Gasteiger partial charge on any atom is -0.496 e. The Morgan fingerprint density at radius 3 is 2.45 bits per heavy atom. The lowest BCUT2D eigenvalue weighted by molar-refractivity contribution is 0.416. The van der Waals surface area contributed by atoms with Gasteiger partial charge in [0.05, 0.1) is 12.8 Å². The summed E-state index contributed by atoms with van der Waals surface area (Å²) >= 11 is 0. The first-order chi connectivity index (χ1) is 9.43. The molecule has 0 atom stereocenters. The highest BCUT2D eigenvalue weighted by molar-refractivity contribution is 5.73. The third-order valence-corrected chi connectivity index (χ3v) is 3.33. The lowest BCUT2D eigenvalue weighted by Crippen LogP contribution is -2.06. The molecule has 0 spiro atoms. The van der Waals surface area contributed by atoms with Gasteiger partial charge < -0.3 is 10.5 Å². The van der Waals surface area contributed by atoms with Crippen LogP contribution in [0, 0.1) is 13.8 Å². The summed E-state index contributed by atoms with van der Waals surface area (Å²) in [6, 6.07) is 6.04. The summed E-state index contributed by atoms with van der Waals surface area (Å²) < 4.78 is 5.45. The molecular formula is C16H21N3O. The molecule has 2 aromatic rings. The van der Waals surface area contributed by atoms with Crippen LogP contribution in [0.5, 0.6) is 5.75 Å². The molecule has 0 aliphatic rings. The van der Waals surface area contributed by atoms with E-state index in [2.05, 4.69) is 29.9 Å². The number of ether oxygens (including phenoxy) is 1. The number of nitrogens with two attached hydrogens (primary N) is 1. The van der Waals surface area contributed by atoms with Crippen LogP contribution in [0.2, 0.25) is 0 Å². The molecule has 0 unspecified atom stereocenters. The first-order valence-electron chi connectivity index (χ1n) is 6.73. The average molecular weight is 271 g/mol. The molecule has 0 fully saturated rings. The topological polar surface area (TPSA) is 61.0 Å². The minimum atomic E-state index is 0.229. The van der Waals surface area contributed by atoms with E-state index < -0.39 is 0 Å². The SMILES string of the molecule is COc1ccc(C)cc1-c1nc(C(C)C)nc(N)c1C. The predicted octanol–water partition coefficient (Wildman–Crippen LogP) is 3.47. The summed E-state index contributed by atoms with van der Waals surface area (Å²) in [4.78, 5) is 9.04. The van der Waals surface area contributed by atoms with Gasteiger partial charge in [0, 0.05) is 17.0 Å². The number of aromatic nitrogens is 2. The van der Waals surface area contributed by atoms with Gasteiger partial charge in [-0.25, -0.2) is 9.97 Å². The summed E-state index contributed by atoms with van der Waals surface area (Å²) in [7, 11) is 1.66. The Bertz CT molecular complexity index is 636. The largest absolute Gasteiger partial charge is 0.496 e. The normalized spacial score (nSPS) is 10.9. The lowest BCUT2D eigenvalue weighted by atomic mass is 10.0. The fourth-order valence-electron chi connectivity index (χ4n) is 2.08. The van der Waals surface area contributed by atoms with Gasteiger partial charge >= 0.3 is 0 Å². The van der Waals surface area contributed by atoms with E-state index in [1.54, 1.807) is 7.11 Å². The fraction of sp³-hybridized carbons (Fsp3) is 0.375. The Labute approximate surface area is 120 Å². The molecule has 20 heavy (non-hydrogen) atoms. The molecule has 2 rings (SSSR count). The van der Waals surface area contributed by atoms with Gasteiger partial charge in [0.2, 0.25) is 0 Å². The maximum atomic E-state index is 6.03. The summed E-state index contributed by atoms with van der Waals surface area (Å²) in [5.74, 6) is 2.31. The Morgan fingerprint density at radius 1 is 1.15 bits per heavy atom. The standard InChI is InChI=1S/C16H21N3O/c1-9(2)16-18-14(11(4)15(17)19-16)12-8-10(3)6-7-13(12)20-5/h6-9H,1-5H3,(H2,17,18,19). The number of benzene rings is 1. The van der Waals surface area contributed by atoms with Crippen LogP contribution in [0.15, 0.2) is 18.2 Å². The van der Waals surface area contributed by atoms with Gasteiger partial charge in [-0.05, 0) is 26.0 Å². The Balaban J connectivity index is 2.71. The first-order valence-corrected chi connectivity index (χ1v) is 6.73. The number of anilines is 1. The highest BCUT2D eigenvalue weighted by Gasteiger charge is 2.16. The van der Waals surface area contributed by atoms with Gasteiger partial charge in [0.15, 0.2) is 0 Å². The molecule has 0 amide bonds. The quantitative estimate of drug-likeness (QED) is 0.928. The van der Waals surface area contributed by atoms with Gasteiger partial charge in [-0.15, -0.1) is 0 Å². The number of nitrogen functional groups attached to an aromatic ring is 1. The highest BCUT2D eigenvalue weighted by atomic mass is 16.5. The number of hydrogen-bond acceptors (Lipinski definition) is 4. The maximum absolute atomic E-state index is 6.03. The van der Waals surface area contributed by atoms with Crippen LogP contribution >= 0.6 is 0 Å². The summed E-state index contributed by atoms with van der Waals surface area (Å²) in [6.45, 7) is 8.10. The molecule has 1 aromatic carbocycles. The van der Waals surface area contributed by atoms with Crippen molar-refractivity contribution in [1.82, 2.24) is 9.97 Å². The molecule has 1 aromatic heterocycles. The molecule has 0 radical (unpaired) electrons. The molecule has 0 saturated heterocycles. The van der Waals surface area contributed by atoms with Crippen molar-refractivity contribution < 1.29 is 4.74 Å². The van der Waals surface area contributed by atoms with E-state index >= 15 is 0 Å². The van der Waals surface area contributed by atoms with Crippen LogP contribution in [0.1, 0.15) is 36.7 Å². The van der Waals surface area contributed by atoms with E-state index in [9.17, 15) is 0 Å². The summed E-state index contributed by atoms with van der Waals surface area (Å²) in [5, 5.41) is 0. The molecule has 4 heteroatoms. The van der Waals surface area contributed by atoms with Crippen LogP contribution in [0.25, 0.3) is 11.3 Å². The van der Waals surface area contributed by atoms with Gasteiger partial charge in [-0.2, -0.15) is 0 Å². The summed E-state index contributed by atoms with van der Waals surface area (Å²) in [6.07, 6.45) is 0. The smallest absolute Gasteiger partial charge is 0.133 e. The van der Waals surface area contributed by atoms with Crippen LogP contribution in [-0.2, 0) is 0 Å². The van der Waals surface area contributed by atoms with Crippen molar-refractivity contribution in [3.63, 3.8) is 0 Å². The van der Waals surface area contributed by atoms with Gasteiger partial charge in [0.25, 0.3) is 0 Å². The molecule has 1 heterocycles. The van der Waals surface area contributed by atoms with Crippen molar-refractivity contribution in [2.24, 2.45) is 0 Å². The third-order valence-electron chi connectivity index (χ3n) is 3.33. The predicted molar refractivity (Wildman–Crippen MR) is 82.0 cm³/mol. The zero-order valence-electron chi connectivity index (χ0n) is 12.7. The Kier molecular flexibility index (Phi) is 3.93. The number of aryl methyl sites for hydroxylation is 1. The van der Waals surface area contributed by atoms with Crippen LogP contribution < -0.4 is 10.5 Å². The van der Waals surface area contributed by atoms with Crippen molar-refractivity contribution in [3.8, 4) is 17.0 Å². The van der Waals surface area contributed by atoms with Gasteiger partial charge in [-0.1, -0.05) is 25.5 Å². The van der Waals surface area contributed by atoms with Crippen molar-refractivity contribution in [3.05, 3.63) is 35.2 Å². The molecule has 0 aliphatic heterocycles. The van der Waals surface area contributed by atoms with E-state index in [4.69, 9.17) is 10.5 Å². The van der Waals surface area contributed by atoms with E-state index in [1.807, 2.05) is 26.0 Å². The second-order valence-electron chi connectivity index (χ2n) is 5.30. The second-order valence-corrected chi connectivity index (χ2v) is 5.30. The number of nitrogens with zero attached hydrogens (tertiary/aromatic N) is 2. The Hall–Kier alpha value is -2.10. The third kappa shape index (κ3) is 2.59. The molecule has 2 N–H and O–H groups in total. The van der Waals surface area contributed by atoms with E-state index in [-0.39, 0.29) is 5.92 Å². The van der Waals surface area contributed by atoms with Crippen LogP contribution in [0.3, 0.4) is 0 Å². The number of methoxy groups -OCH3 is 1. The fourth-order valence-corrected chi connectivity index (χ4v) is 2.08. The minimum absolute atomic E-state index is 0.229. The van der Waals surface area contributed by atoms with E-state index in [0.29, 0.717) is 5.82 Å². The van der Waals surface area contributed by atoms with Crippen LogP contribution in [0.4, 0.5) is 5.82 Å². The molecule has 0 aliphatic carbocycles. The van der Waals surface area contributed by atoms with Gasteiger partial charge in [0.1, 0.15) is 17.4 Å². The monoisotopic (exact) mass is 271 g/mol. The van der Waals surface area contributed by atoms with Gasteiger partial charge in [-0.3, -0.25) is 0 Å². The summed E-state index contributed by atoms with van der Waals surface area (Å²) in [5.41, 5.74) is 9.89. The molecule has 0 saturated carbocycles. The van der Waals surface area contributed by atoms with Crippen molar-refractivity contribution in [2.75, 3.05) is 12.8 Å². The molecular weight excluding hydrogens is 250 g/mol. The van der Waals surface area contributed by atoms with Crippen molar-refractivity contribution in [2.45, 2.75) is 33.6 Å². The maximum Gasteiger partial charge on any atom is 0.133 e. The Morgan fingerprint density at radius 2 is 1.85 bits per heavy atom. The zero-order chi connectivity index (χ0) is 14.9. The number of hydrogen-bond donors (Lipinski definition) is 1. The van der Waals surface area contributed by atoms with Crippen LogP contribution in [-0.4, -0.2) is 17.1 Å².